The highest BCUT2D eigenvalue weighted by molar-refractivity contribution is 5.86. The van der Waals surface area contributed by atoms with Gasteiger partial charge < -0.3 is 20.2 Å². The van der Waals surface area contributed by atoms with E-state index in [1.165, 1.54) is 13.2 Å². The Kier molecular flexibility index (Phi) is 6.71. The Balaban J connectivity index is 0.00000220. The van der Waals surface area contributed by atoms with Crippen LogP contribution >= 0.6 is 12.4 Å². The van der Waals surface area contributed by atoms with E-state index in [0.717, 1.165) is 19.3 Å². The van der Waals surface area contributed by atoms with Crippen molar-refractivity contribution in [3.05, 3.63) is 23.7 Å². The van der Waals surface area contributed by atoms with Gasteiger partial charge in [0.2, 0.25) is 11.7 Å². The number of nitrogens with one attached hydrogen (secondary N) is 1. The molecule has 1 aromatic heterocycles. The molecule has 2 rings (SSSR count). The largest absolute Gasteiger partial charge is 0.463 e. The summed E-state index contributed by atoms with van der Waals surface area (Å²) in [5, 5.41) is 2.84. The molecule has 7 heteroatoms. The lowest BCUT2D eigenvalue weighted by Crippen LogP contribution is -2.34. The second kappa shape index (κ2) is 8.05. The summed E-state index contributed by atoms with van der Waals surface area (Å²) in [6.07, 6.45) is 2.95. The van der Waals surface area contributed by atoms with E-state index in [9.17, 15) is 9.59 Å². The minimum Gasteiger partial charge on any atom is -0.463 e. The van der Waals surface area contributed by atoms with Gasteiger partial charge in [-0.2, -0.15) is 0 Å². The van der Waals surface area contributed by atoms with Gasteiger partial charge in [-0.15, -0.1) is 12.4 Å². The minimum absolute atomic E-state index is 0. The Hall–Kier alpha value is -1.53. The fourth-order valence-electron chi connectivity index (χ4n) is 2.65. The number of amides is 1. The number of hydrogen-bond donors (Lipinski definition) is 2. The number of esters is 1. The van der Waals surface area contributed by atoms with Crippen LogP contribution in [-0.2, 0) is 16.1 Å². The first kappa shape index (κ1) is 17.5. The molecule has 21 heavy (non-hydrogen) atoms. The molecule has 1 saturated carbocycles. The molecule has 1 heterocycles. The van der Waals surface area contributed by atoms with Crippen LogP contribution in [0.4, 0.5) is 0 Å². The lowest BCUT2D eigenvalue weighted by Gasteiger charge is -2.16. The Morgan fingerprint density at radius 2 is 2.19 bits per heavy atom. The van der Waals surface area contributed by atoms with Gasteiger partial charge in [0, 0.05) is 5.92 Å². The van der Waals surface area contributed by atoms with Crippen LogP contribution in [-0.4, -0.2) is 25.5 Å². The maximum absolute atomic E-state index is 12.1. The summed E-state index contributed by atoms with van der Waals surface area (Å²) in [4.78, 5) is 23.3. The van der Waals surface area contributed by atoms with E-state index in [1.807, 2.05) is 0 Å². The lowest BCUT2D eigenvalue weighted by atomic mass is 9.95. The summed E-state index contributed by atoms with van der Waals surface area (Å²) in [6.45, 7) is 0.814. The van der Waals surface area contributed by atoms with Crippen molar-refractivity contribution in [3.8, 4) is 0 Å². The molecule has 0 aromatic carbocycles. The fourth-order valence-corrected chi connectivity index (χ4v) is 2.65. The van der Waals surface area contributed by atoms with E-state index in [4.69, 9.17) is 10.2 Å². The van der Waals surface area contributed by atoms with E-state index in [0.29, 0.717) is 12.3 Å². The average molecular weight is 317 g/mol. The number of carbonyl (C=O) groups excluding carboxylic acids is 2. The summed E-state index contributed by atoms with van der Waals surface area (Å²) in [6, 6.07) is 3.19. The van der Waals surface area contributed by atoms with Gasteiger partial charge in [0.25, 0.3) is 0 Å². The van der Waals surface area contributed by atoms with E-state index >= 15 is 0 Å². The Labute approximate surface area is 129 Å². The molecule has 1 fully saturated rings. The normalized spacial score (nSPS) is 20.7. The number of carbonyl (C=O) groups is 2. The summed E-state index contributed by atoms with van der Waals surface area (Å²) in [5.41, 5.74) is 5.67. The van der Waals surface area contributed by atoms with Crippen molar-refractivity contribution in [2.75, 3.05) is 13.7 Å². The van der Waals surface area contributed by atoms with Crippen LogP contribution < -0.4 is 11.1 Å². The molecule has 118 valence electrons. The molecule has 1 aromatic rings. The maximum Gasteiger partial charge on any atom is 0.373 e. The molecule has 1 amide bonds. The predicted molar refractivity (Wildman–Crippen MR) is 79.0 cm³/mol. The smallest absolute Gasteiger partial charge is 0.373 e. The highest BCUT2D eigenvalue weighted by Crippen LogP contribution is 2.31. The Morgan fingerprint density at radius 1 is 1.43 bits per heavy atom. The molecule has 0 aliphatic heterocycles. The van der Waals surface area contributed by atoms with E-state index < -0.39 is 5.97 Å². The number of methoxy groups -OCH3 is 1. The van der Waals surface area contributed by atoms with Crippen molar-refractivity contribution >= 4 is 24.3 Å². The summed E-state index contributed by atoms with van der Waals surface area (Å²) in [5.74, 6) is 0.418. The zero-order valence-electron chi connectivity index (χ0n) is 12.0. The van der Waals surface area contributed by atoms with Gasteiger partial charge in [0.1, 0.15) is 5.76 Å². The molecular formula is C14H21ClN2O4. The zero-order chi connectivity index (χ0) is 14.5. The third-order valence-corrected chi connectivity index (χ3v) is 3.78. The number of rotatable bonds is 5. The minimum atomic E-state index is -0.526. The molecule has 6 nitrogen and oxygen atoms in total. The first-order valence-corrected chi connectivity index (χ1v) is 6.80. The number of ether oxygens (including phenoxy) is 1. The second-order valence-corrected chi connectivity index (χ2v) is 5.01. The molecule has 1 aliphatic carbocycles. The van der Waals surface area contributed by atoms with Gasteiger partial charge in [-0.3, -0.25) is 4.79 Å². The van der Waals surface area contributed by atoms with Crippen LogP contribution in [0.25, 0.3) is 0 Å². The summed E-state index contributed by atoms with van der Waals surface area (Å²) < 4.78 is 9.84. The first-order valence-electron chi connectivity index (χ1n) is 6.80. The molecule has 3 N–H and O–H groups in total. The van der Waals surface area contributed by atoms with Gasteiger partial charge in [0.15, 0.2) is 0 Å². The molecule has 0 spiro atoms. The third kappa shape index (κ3) is 4.22. The molecule has 0 bridgehead atoms. The van der Waals surface area contributed by atoms with Crippen LogP contribution in [0, 0.1) is 11.8 Å². The van der Waals surface area contributed by atoms with Crippen molar-refractivity contribution in [3.63, 3.8) is 0 Å². The average Bonchev–Trinajstić information content (AvgIpc) is 3.12. The zero-order valence-corrected chi connectivity index (χ0v) is 12.8. The highest BCUT2D eigenvalue weighted by atomic mass is 35.5. The topological polar surface area (TPSA) is 94.6 Å². The lowest BCUT2D eigenvalue weighted by molar-refractivity contribution is -0.126. The molecule has 0 saturated heterocycles. The summed E-state index contributed by atoms with van der Waals surface area (Å²) >= 11 is 0. The number of furan rings is 1. The molecule has 0 unspecified atom stereocenters. The second-order valence-electron chi connectivity index (χ2n) is 5.01. The van der Waals surface area contributed by atoms with E-state index in [1.54, 1.807) is 6.07 Å². The quantitative estimate of drug-likeness (QED) is 0.802. The van der Waals surface area contributed by atoms with Crippen LogP contribution in [0.3, 0.4) is 0 Å². The van der Waals surface area contributed by atoms with Gasteiger partial charge in [-0.25, -0.2) is 4.79 Å². The van der Waals surface area contributed by atoms with Crippen LogP contribution in [0.5, 0.6) is 0 Å². The molecule has 0 radical (unpaired) electrons. The molecule has 1 aliphatic rings. The van der Waals surface area contributed by atoms with Crippen molar-refractivity contribution in [2.24, 2.45) is 17.6 Å². The van der Waals surface area contributed by atoms with Crippen LogP contribution in [0.2, 0.25) is 0 Å². The van der Waals surface area contributed by atoms with Gasteiger partial charge >= 0.3 is 5.97 Å². The van der Waals surface area contributed by atoms with Crippen molar-refractivity contribution < 1.29 is 18.7 Å². The van der Waals surface area contributed by atoms with Gasteiger partial charge in [-0.1, -0.05) is 6.42 Å². The van der Waals surface area contributed by atoms with Gasteiger partial charge in [0.05, 0.1) is 13.7 Å². The molecule has 2 atom stereocenters. The van der Waals surface area contributed by atoms with E-state index in [2.05, 4.69) is 10.1 Å². The number of nitrogens with two attached hydrogens (primary N) is 1. The summed E-state index contributed by atoms with van der Waals surface area (Å²) in [7, 11) is 1.29. The van der Waals surface area contributed by atoms with Crippen LogP contribution in [0.1, 0.15) is 35.6 Å². The van der Waals surface area contributed by atoms with Crippen molar-refractivity contribution in [1.82, 2.24) is 5.32 Å². The SMILES string of the molecule is COC(=O)c1ccc(CNC(=O)[C@@H]2CCC[C@@H]2CN)o1.Cl. The van der Waals surface area contributed by atoms with Crippen molar-refractivity contribution in [1.29, 1.82) is 0 Å². The van der Waals surface area contributed by atoms with E-state index in [-0.39, 0.29) is 42.5 Å². The first-order chi connectivity index (χ1) is 9.65. The van der Waals surface area contributed by atoms with Gasteiger partial charge in [-0.05, 0) is 37.4 Å². The monoisotopic (exact) mass is 316 g/mol. The maximum atomic E-state index is 12.1. The standard InChI is InChI=1S/C14H20N2O4.ClH/c1-19-14(18)12-6-5-10(20-12)8-16-13(17)11-4-2-3-9(11)7-15;/h5-6,9,11H,2-4,7-8,15H2,1H3,(H,16,17);1H/t9-,11-;/m1./s1. The Morgan fingerprint density at radius 3 is 2.86 bits per heavy atom. The molecular weight excluding hydrogens is 296 g/mol. The van der Waals surface area contributed by atoms with Crippen LogP contribution in [0.15, 0.2) is 16.5 Å². The fraction of sp³-hybridized carbons (Fsp3) is 0.571. The van der Waals surface area contributed by atoms with Crippen molar-refractivity contribution in [2.45, 2.75) is 25.8 Å². The number of hydrogen-bond acceptors (Lipinski definition) is 5. The predicted octanol–water partition coefficient (Wildman–Crippen LogP) is 1.48. The third-order valence-electron chi connectivity index (χ3n) is 3.78. The highest BCUT2D eigenvalue weighted by Gasteiger charge is 2.31. The Bertz CT molecular complexity index is 489. The number of halogens is 1.